The number of benzene rings is 1. The highest BCUT2D eigenvalue weighted by Crippen LogP contribution is 2.32. The van der Waals surface area contributed by atoms with Crippen LogP contribution in [0, 0.1) is 6.92 Å². The Bertz CT molecular complexity index is 804. The summed E-state index contributed by atoms with van der Waals surface area (Å²) in [5, 5.41) is 11.8. The maximum absolute atomic E-state index is 12.4. The third-order valence-corrected chi connectivity index (χ3v) is 3.83. The Hall–Kier alpha value is -3.09. The smallest absolute Gasteiger partial charge is 0.335 e. The van der Waals surface area contributed by atoms with Crippen molar-refractivity contribution < 1.29 is 24.2 Å². The summed E-state index contributed by atoms with van der Waals surface area (Å²) in [5.74, 6) is -0.390. The van der Waals surface area contributed by atoms with Crippen molar-refractivity contribution in [1.82, 2.24) is 10.3 Å². The number of amides is 1. The van der Waals surface area contributed by atoms with Crippen LogP contribution in [-0.2, 0) is 0 Å². The summed E-state index contributed by atoms with van der Waals surface area (Å²) in [6.07, 6.45) is 1.30. The first-order valence-corrected chi connectivity index (χ1v) is 7.60. The molecule has 0 bridgehead atoms. The van der Waals surface area contributed by atoms with Crippen molar-refractivity contribution in [2.45, 2.75) is 19.9 Å². The first kappa shape index (κ1) is 18.3. The standard InChI is InChI=1S/C18H20N2O5/c1-10-7-15(24-3)16(25-4)9-13(10)11(2)20-17(21)14-8-12(18(22)23)5-6-19-14/h5-9,11H,1-4H3,(H,20,21)(H,22,23). The molecule has 1 atom stereocenters. The topological polar surface area (TPSA) is 97.8 Å². The van der Waals surface area contributed by atoms with E-state index in [2.05, 4.69) is 10.3 Å². The predicted molar refractivity (Wildman–Crippen MR) is 91.4 cm³/mol. The fourth-order valence-corrected chi connectivity index (χ4v) is 2.50. The molecule has 0 aliphatic rings. The SMILES string of the molecule is COc1cc(C)c(C(C)NC(=O)c2cc(C(=O)O)ccn2)cc1OC. The van der Waals surface area contributed by atoms with Crippen molar-refractivity contribution in [3.05, 3.63) is 52.8 Å². The number of carbonyl (C=O) groups is 2. The average Bonchev–Trinajstić information content (AvgIpc) is 2.61. The molecule has 1 heterocycles. The molecular weight excluding hydrogens is 324 g/mol. The van der Waals surface area contributed by atoms with Crippen molar-refractivity contribution in [3.8, 4) is 11.5 Å². The Morgan fingerprint density at radius 1 is 1.16 bits per heavy atom. The van der Waals surface area contributed by atoms with Crippen LogP contribution in [0.3, 0.4) is 0 Å². The highest BCUT2D eigenvalue weighted by molar-refractivity contribution is 5.96. The van der Waals surface area contributed by atoms with Gasteiger partial charge < -0.3 is 19.9 Å². The van der Waals surface area contributed by atoms with Crippen LogP contribution >= 0.6 is 0 Å². The second kappa shape index (κ2) is 7.65. The fraction of sp³-hybridized carbons (Fsp3) is 0.278. The molecule has 1 aromatic heterocycles. The molecule has 0 radical (unpaired) electrons. The molecule has 0 spiro atoms. The number of hydrogen-bond donors (Lipinski definition) is 2. The van der Waals surface area contributed by atoms with Gasteiger partial charge in [-0.2, -0.15) is 0 Å². The molecule has 1 amide bonds. The number of aromatic carboxylic acids is 1. The van der Waals surface area contributed by atoms with Gasteiger partial charge in [0.05, 0.1) is 25.8 Å². The van der Waals surface area contributed by atoms with Crippen LogP contribution in [0.25, 0.3) is 0 Å². The van der Waals surface area contributed by atoms with E-state index >= 15 is 0 Å². The molecule has 1 unspecified atom stereocenters. The Morgan fingerprint density at radius 2 is 1.80 bits per heavy atom. The molecule has 0 saturated carbocycles. The van der Waals surface area contributed by atoms with Crippen LogP contribution in [0.1, 0.15) is 44.9 Å². The monoisotopic (exact) mass is 344 g/mol. The molecule has 0 aliphatic heterocycles. The number of carbonyl (C=O) groups excluding carboxylic acids is 1. The third kappa shape index (κ3) is 4.06. The summed E-state index contributed by atoms with van der Waals surface area (Å²) in [6, 6.07) is 5.88. The molecule has 1 aromatic carbocycles. The maximum Gasteiger partial charge on any atom is 0.335 e. The second-order valence-electron chi connectivity index (χ2n) is 5.49. The van der Waals surface area contributed by atoms with Gasteiger partial charge in [-0.1, -0.05) is 0 Å². The number of carboxylic acid groups (broad SMARTS) is 1. The lowest BCUT2D eigenvalue weighted by molar-refractivity contribution is 0.0696. The van der Waals surface area contributed by atoms with Gasteiger partial charge in [0.1, 0.15) is 5.69 Å². The number of rotatable bonds is 6. The van der Waals surface area contributed by atoms with E-state index in [4.69, 9.17) is 14.6 Å². The normalized spacial score (nSPS) is 11.5. The first-order valence-electron chi connectivity index (χ1n) is 7.60. The van der Waals surface area contributed by atoms with Gasteiger partial charge in [-0.15, -0.1) is 0 Å². The summed E-state index contributed by atoms with van der Waals surface area (Å²) in [4.78, 5) is 27.3. The lowest BCUT2D eigenvalue weighted by atomic mass is 10.0. The van der Waals surface area contributed by atoms with Gasteiger partial charge in [-0.3, -0.25) is 9.78 Å². The number of carboxylic acids is 1. The van der Waals surface area contributed by atoms with Crippen LogP contribution in [0.5, 0.6) is 11.5 Å². The van der Waals surface area contributed by atoms with Gasteiger partial charge in [-0.25, -0.2) is 4.79 Å². The number of ether oxygens (including phenoxy) is 2. The Labute approximate surface area is 145 Å². The molecule has 2 aromatic rings. The number of pyridine rings is 1. The lowest BCUT2D eigenvalue weighted by Gasteiger charge is -2.19. The lowest BCUT2D eigenvalue weighted by Crippen LogP contribution is -2.28. The van der Waals surface area contributed by atoms with Crippen molar-refractivity contribution >= 4 is 11.9 Å². The number of aromatic nitrogens is 1. The summed E-state index contributed by atoms with van der Waals surface area (Å²) in [7, 11) is 3.10. The zero-order chi connectivity index (χ0) is 18.6. The van der Waals surface area contributed by atoms with Crippen molar-refractivity contribution in [2.75, 3.05) is 14.2 Å². The zero-order valence-electron chi connectivity index (χ0n) is 14.5. The number of hydrogen-bond acceptors (Lipinski definition) is 5. The highest BCUT2D eigenvalue weighted by atomic mass is 16.5. The van der Waals surface area contributed by atoms with E-state index in [-0.39, 0.29) is 17.3 Å². The highest BCUT2D eigenvalue weighted by Gasteiger charge is 2.18. The Kier molecular flexibility index (Phi) is 5.59. The van der Waals surface area contributed by atoms with Crippen molar-refractivity contribution in [1.29, 1.82) is 0 Å². The fourth-order valence-electron chi connectivity index (χ4n) is 2.50. The van der Waals surface area contributed by atoms with E-state index in [1.807, 2.05) is 19.9 Å². The van der Waals surface area contributed by atoms with Crippen molar-refractivity contribution in [3.63, 3.8) is 0 Å². The predicted octanol–water partition coefficient (Wildman–Crippen LogP) is 2.60. The Morgan fingerprint density at radius 3 is 2.40 bits per heavy atom. The minimum Gasteiger partial charge on any atom is -0.493 e. The van der Waals surface area contributed by atoms with E-state index in [9.17, 15) is 9.59 Å². The van der Waals surface area contributed by atoms with E-state index in [0.29, 0.717) is 11.5 Å². The van der Waals surface area contributed by atoms with E-state index in [0.717, 1.165) is 11.1 Å². The van der Waals surface area contributed by atoms with Crippen LogP contribution < -0.4 is 14.8 Å². The van der Waals surface area contributed by atoms with E-state index in [1.165, 1.54) is 18.3 Å². The molecule has 2 rings (SSSR count). The summed E-state index contributed by atoms with van der Waals surface area (Å²) in [5.41, 5.74) is 1.85. The zero-order valence-corrected chi connectivity index (χ0v) is 14.5. The molecule has 0 saturated heterocycles. The molecule has 7 heteroatoms. The number of nitrogens with zero attached hydrogens (tertiary/aromatic N) is 1. The molecule has 0 fully saturated rings. The third-order valence-electron chi connectivity index (χ3n) is 3.83. The minimum atomic E-state index is -1.11. The van der Waals surface area contributed by atoms with Gasteiger partial charge in [0, 0.05) is 6.20 Å². The maximum atomic E-state index is 12.4. The molecule has 132 valence electrons. The molecule has 7 nitrogen and oxygen atoms in total. The van der Waals surface area contributed by atoms with Gasteiger partial charge in [0.15, 0.2) is 11.5 Å². The second-order valence-corrected chi connectivity index (χ2v) is 5.49. The van der Waals surface area contributed by atoms with Crippen LogP contribution in [0.4, 0.5) is 0 Å². The number of methoxy groups -OCH3 is 2. The molecule has 25 heavy (non-hydrogen) atoms. The molecular formula is C18H20N2O5. The molecule has 0 aliphatic carbocycles. The van der Waals surface area contributed by atoms with Gasteiger partial charge in [0.2, 0.25) is 0 Å². The van der Waals surface area contributed by atoms with E-state index < -0.39 is 11.9 Å². The number of aryl methyl sites for hydroxylation is 1. The molecule has 2 N–H and O–H groups in total. The largest absolute Gasteiger partial charge is 0.493 e. The Balaban J connectivity index is 2.24. The van der Waals surface area contributed by atoms with E-state index in [1.54, 1.807) is 20.3 Å². The van der Waals surface area contributed by atoms with Crippen LogP contribution in [0.15, 0.2) is 30.5 Å². The first-order chi connectivity index (χ1) is 11.9. The van der Waals surface area contributed by atoms with Gasteiger partial charge in [-0.05, 0) is 49.2 Å². The van der Waals surface area contributed by atoms with Crippen LogP contribution in [-0.4, -0.2) is 36.2 Å². The quantitative estimate of drug-likeness (QED) is 0.836. The van der Waals surface area contributed by atoms with Gasteiger partial charge >= 0.3 is 5.97 Å². The van der Waals surface area contributed by atoms with Crippen molar-refractivity contribution in [2.24, 2.45) is 0 Å². The van der Waals surface area contributed by atoms with Gasteiger partial charge in [0.25, 0.3) is 5.91 Å². The summed E-state index contributed by atoms with van der Waals surface area (Å²) < 4.78 is 10.6. The number of nitrogens with one attached hydrogen (secondary N) is 1. The van der Waals surface area contributed by atoms with Crippen LogP contribution in [0.2, 0.25) is 0 Å². The summed E-state index contributed by atoms with van der Waals surface area (Å²) in [6.45, 7) is 3.73. The average molecular weight is 344 g/mol. The minimum absolute atomic E-state index is 0.00935. The summed E-state index contributed by atoms with van der Waals surface area (Å²) >= 11 is 0.